The van der Waals surface area contributed by atoms with Gasteiger partial charge in [-0.3, -0.25) is 0 Å². The van der Waals surface area contributed by atoms with Crippen molar-refractivity contribution < 1.29 is 0 Å². The van der Waals surface area contributed by atoms with Gasteiger partial charge in [0.25, 0.3) is 0 Å². The van der Waals surface area contributed by atoms with E-state index in [2.05, 4.69) is 213 Å². The molecular formula is C55H42N2. The fourth-order valence-electron chi connectivity index (χ4n) is 9.17. The van der Waals surface area contributed by atoms with E-state index in [1.54, 1.807) is 0 Å². The molecule has 10 aromatic rings. The third-order valence-electron chi connectivity index (χ3n) is 12.3. The fourth-order valence-corrected chi connectivity index (χ4v) is 9.17. The average molecular weight is 731 g/mol. The van der Waals surface area contributed by atoms with Crippen molar-refractivity contribution in [2.75, 3.05) is 4.90 Å². The molecule has 272 valence electrons. The van der Waals surface area contributed by atoms with E-state index in [-0.39, 0.29) is 0 Å². The highest BCUT2D eigenvalue weighted by molar-refractivity contribution is 6.13. The minimum atomic E-state index is 0.424. The number of fused-ring (bicyclic) bond motifs is 9. The minimum absolute atomic E-state index is 0.424. The van der Waals surface area contributed by atoms with E-state index in [1.165, 1.54) is 110 Å². The Kier molecular flexibility index (Phi) is 7.53. The number of nitrogens with zero attached hydrogens (tertiary/aromatic N) is 2. The molecule has 1 aliphatic carbocycles. The third kappa shape index (κ3) is 5.32. The first kappa shape index (κ1) is 33.4. The van der Waals surface area contributed by atoms with Crippen molar-refractivity contribution in [2.24, 2.45) is 0 Å². The number of para-hydroxylation sites is 2. The zero-order chi connectivity index (χ0) is 38.4. The SMILES string of the molecule is Cc1ccc(-c2ccccc2)cc1N(c1ccc2cc3c(cc2c1)-c1cc2cc(-n4c5ccccc5c5ccccc54)ccc2cc1-3)c1cc(C(C)C)ccc1C. The Morgan fingerprint density at radius 3 is 1.61 bits per heavy atom. The average Bonchev–Trinajstić information content (AvgIpc) is 3.58. The standard InChI is InChI=1S/C55H42N2/c1-34(2)38-20-18-35(3)54(32-38)57(55-33-41(21-19-36(55)4)37-12-6-5-7-13-37)45-25-23-40-29-49-48-28-39-22-24-44(26-42(39)30-50(48)51(49)31-43(40)27-45)56-52-16-10-8-14-46(52)47-15-9-11-17-53(47)56/h5-34H,1-4H3. The molecule has 0 atom stereocenters. The van der Waals surface area contributed by atoms with Crippen molar-refractivity contribution in [3.63, 3.8) is 0 Å². The predicted molar refractivity (Wildman–Crippen MR) is 244 cm³/mol. The second-order valence-electron chi connectivity index (χ2n) is 16.1. The molecule has 0 radical (unpaired) electrons. The maximum Gasteiger partial charge on any atom is 0.0541 e. The molecule has 1 aromatic heterocycles. The maximum absolute atomic E-state index is 2.49. The molecule has 0 N–H and O–H groups in total. The summed E-state index contributed by atoms with van der Waals surface area (Å²) in [7, 11) is 0. The zero-order valence-corrected chi connectivity index (χ0v) is 32.7. The van der Waals surface area contributed by atoms with Crippen LogP contribution in [0, 0.1) is 13.8 Å². The Bertz CT molecular complexity index is 3180. The first-order valence-electron chi connectivity index (χ1n) is 20.1. The van der Waals surface area contributed by atoms with E-state index in [1.807, 2.05) is 0 Å². The van der Waals surface area contributed by atoms with Crippen molar-refractivity contribution >= 4 is 60.4 Å². The van der Waals surface area contributed by atoms with Crippen LogP contribution in [0.25, 0.3) is 82.4 Å². The Morgan fingerprint density at radius 1 is 0.421 bits per heavy atom. The molecule has 1 aliphatic rings. The highest BCUT2D eigenvalue weighted by Crippen LogP contribution is 2.51. The predicted octanol–water partition coefficient (Wildman–Crippen LogP) is 15.6. The molecule has 0 saturated carbocycles. The molecule has 9 aromatic carbocycles. The summed E-state index contributed by atoms with van der Waals surface area (Å²) in [6.45, 7) is 9.02. The van der Waals surface area contributed by atoms with Gasteiger partial charge in [-0.1, -0.05) is 117 Å². The molecule has 0 unspecified atom stereocenters. The van der Waals surface area contributed by atoms with Gasteiger partial charge in [0.15, 0.2) is 0 Å². The summed E-state index contributed by atoms with van der Waals surface area (Å²) in [5.41, 5.74) is 18.8. The first-order chi connectivity index (χ1) is 27.9. The molecule has 1 heterocycles. The number of rotatable bonds is 6. The van der Waals surface area contributed by atoms with Gasteiger partial charge in [0.05, 0.1) is 11.0 Å². The van der Waals surface area contributed by atoms with Crippen LogP contribution in [0.2, 0.25) is 0 Å². The monoisotopic (exact) mass is 730 g/mol. The third-order valence-corrected chi connectivity index (χ3v) is 12.3. The van der Waals surface area contributed by atoms with E-state index in [4.69, 9.17) is 0 Å². The summed E-state index contributed by atoms with van der Waals surface area (Å²) < 4.78 is 2.41. The zero-order valence-electron chi connectivity index (χ0n) is 32.7. The van der Waals surface area contributed by atoms with Crippen molar-refractivity contribution in [2.45, 2.75) is 33.6 Å². The molecule has 57 heavy (non-hydrogen) atoms. The molecule has 2 nitrogen and oxygen atoms in total. The van der Waals surface area contributed by atoms with Crippen LogP contribution in [0.15, 0.2) is 176 Å². The number of hydrogen-bond acceptors (Lipinski definition) is 1. The van der Waals surface area contributed by atoms with Crippen LogP contribution in [0.1, 0.15) is 36.5 Å². The quantitative estimate of drug-likeness (QED) is 0.165. The van der Waals surface area contributed by atoms with Gasteiger partial charge >= 0.3 is 0 Å². The summed E-state index contributed by atoms with van der Waals surface area (Å²) in [5.74, 6) is 0.424. The van der Waals surface area contributed by atoms with Crippen LogP contribution in [-0.2, 0) is 0 Å². The smallest absolute Gasteiger partial charge is 0.0541 e. The Labute approximate surface area is 333 Å². The van der Waals surface area contributed by atoms with Gasteiger partial charge in [0, 0.05) is 33.5 Å². The van der Waals surface area contributed by atoms with Crippen LogP contribution in [0.4, 0.5) is 17.1 Å². The van der Waals surface area contributed by atoms with Crippen molar-refractivity contribution in [1.29, 1.82) is 0 Å². The molecule has 0 fully saturated rings. The second kappa shape index (κ2) is 12.8. The van der Waals surface area contributed by atoms with Crippen molar-refractivity contribution in [3.8, 4) is 39.1 Å². The van der Waals surface area contributed by atoms with E-state index < -0.39 is 0 Å². The first-order valence-corrected chi connectivity index (χ1v) is 20.1. The van der Waals surface area contributed by atoms with Gasteiger partial charge in [-0.05, 0) is 164 Å². The van der Waals surface area contributed by atoms with Gasteiger partial charge in [-0.25, -0.2) is 0 Å². The van der Waals surface area contributed by atoms with E-state index in [9.17, 15) is 0 Å². The Hall–Kier alpha value is -6.90. The summed E-state index contributed by atoms with van der Waals surface area (Å²) >= 11 is 0. The summed E-state index contributed by atoms with van der Waals surface area (Å²) in [4.78, 5) is 2.49. The lowest BCUT2D eigenvalue weighted by Crippen LogP contribution is -2.13. The largest absolute Gasteiger partial charge is 0.310 e. The Morgan fingerprint density at radius 2 is 0.965 bits per heavy atom. The lowest BCUT2D eigenvalue weighted by atomic mass is 9.78. The van der Waals surface area contributed by atoms with Crippen LogP contribution >= 0.6 is 0 Å². The van der Waals surface area contributed by atoms with Gasteiger partial charge in [-0.2, -0.15) is 0 Å². The number of anilines is 3. The van der Waals surface area contributed by atoms with Crippen LogP contribution in [0.5, 0.6) is 0 Å². The van der Waals surface area contributed by atoms with Crippen LogP contribution in [0.3, 0.4) is 0 Å². The normalized spacial score (nSPS) is 12.0. The van der Waals surface area contributed by atoms with E-state index in [0.717, 1.165) is 5.69 Å². The minimum Gasteiger partial charge on any atom is -0.310 e. The molecule has 0 aliphatic heterocycles. The molecule has 0 amide bonds. The number of aryl methyl sites for hydroxylation is 2. The van der Waals surface area contributed by atoms with Crippen molar-refractivity contribution in [1.82, 2.24) is 4.57 Å². The number of benzene rings is 9. The highest BCUT2D eigenvalue weighted by atomic mass is 15.1. The fraction of sp³-hybridized carbons (Fsp3) is 0.0909. The molecule has 0 saturated heterocycles. The van der Waals surface area contributed by atoms with Crippen molar-refractivity contribution in [3.05, 3.63) is 193 Å². The molecular weight excluding hydrogens is 689 g/mol. The number of aromatic nitrogens is 1. The maximum atomic E-state index is 2.49. The molecule has 2 heteroatoms. The molecule has 0 bridgehead atoms. The van der Waals surface area contributed by atoms with Gasteiger partial charge in [-0.15, -0.1) is 0 Å². The van der Waals surface area contributed by atoms with Crippen LogP contribution in [-0.4, -0.2) is 4.57 Å². The summed E-state index contributed by atoms with van der Waals surface area (Å²) in [6, 6.07) is 65.6. The van der Waals surface area contributed by atoms with Gasteiger partial charge in [0.2, 0.25) is 0 Å². The van der Waals surface area contributed by atoms with Gasteiger partial charge < -0.3 is 9.47 Å². The van der Waals surface area contributed by atoms with Crippen LogP contribution < -0.4 is 4.90 Å². The number of hydrogen-bond donors (Lipinski definition) is 0. The lowest BCUT2D eigenvalue weighted by molar-refractivity contribution is 0.865. The topological polar surface area (TPSA) is 8.17 Å². The summed E-state index contributed by atoms with van der Waals surface area (Å²) in [5, 5.41) is 7.59. The molecule has 11 rings (SSSR count). The Balaban J connectivity index is 1.04. The lowest BCUT2D eigenvalue weighted by Gasteiger charge is -2.30. The second-order valence-corrected chi connectivity index (χ2v) is 16.1. The highest BCUT2D eigenvalue weighted by Gasteiger charge is 2.25. The summed E-state index contributed by atoms with van der Waals surface area (Å²) in [6.07, 6.45) is 0. The molecule has 0 spiro atoms. The van der Waals surface area contributed by atoms with E-state index in [0.29, 0.717) is 5.92 Å². The van der Waals surface area contributed by atoms with Gasteiger partial charge in [0.1, 0.15) is 0 Å². The van der Waals surface area contributed by atoms with E-state index >= 15 is 0 Å².